The van der Waals surface area contributed by atoms with E-state index in [1.807, 2.05) is 32.3 Å². The van der Waals surface area contributed by atoms with Gasteiger partial charge in [0.2, 0.25) is 0 Å². The molecule has 0 unspecified atom stereocenters. The SMILES string of the molecule is CCc1nc(-c2ccc(Cl)cc2F)c(N)n1C(C)(C)C. The van der Waals surface area contributed by atoms with Gasteiger partial charge >= 0.3 is 0 Å². The summed E-state index contributed by atoms with van der Waals surface area (Å²) < 4.78 is 16.0. The molecular weight excluding hydrogens is 277 g/mol. The Labute approximate surface area is 123 Å². The summed E-state index contributed by atoms with van der Waals surface area (Å²) in [6.07, 6.45) is 0.733. The predicted molar refractivity (Wildman–Crippen MR) is 81.4 cm³/mol. The smallest absolute Gasteiger partial charge is 0.134 e. The van der Waals surface area contributed by atoms with Crippen LogP contribution in [0.2, 0.25) is 5.02 Å². The number of benzene rings is 1. The average Bonchev–Trinajstić information content (AvgIpc) is 2.66. The molecule has 0 aliphatic heterocycles. The maximum atomic E-state index is 14.1. The van der Waals surface area contributed by atoms with Gasteiger partial charge in [-0.2, -0.15) is 0 Å². The van der Waals surface area contributed by atoms with E-state index in [4.69, 9.17) is 17.3 Å². The predicted octanol–water partition coefficient (Wildman–Crippen LogP) is 4.24. The Kier molecular flexibility index (Phi) is 3.78. The van der Waals surface area contributed by atoms with Gasteiger partial charge < -0.3 is 10.3 Å². The molecule has 108 valence electrons. The lowest BCUT2D eigenvalue weighted by Crippen LogP contribution is -2.25. The molecule has 0 saturated heterocycles. The third-order valence-corrected chi connectivity index (χ3v) is 3.39. The minimum atomic E-state index is -0.412. The van der Waals surface area contributed by atoms with Crippen molar-refractivity contribution in [3.05, 3.63) is 34.9 Å². The van der Waals surface area contributed by atoms with Crippen molar-refractivity contribution in [2.75, 3.05) is 5.73 Å². The van der Waals surface area contributed by atoms with E-state index in [9.17, 15) is 4.39 Å². The highest BCUT2D eigenvalue weighted by Gasteiger charge is 2.24. The highest BCUT2D eigenvalue weighted by molar-refractivity contribution is 6.30. The van der Waals surface area contributed by atoms with Gasteiger partial charge in [0.05, 0.1) is 0 Å². The first-order chi connectivity index (χ1) is 9.25. The first-order valence-electron chi connectivity index (χ1n) is 6.58. The van der Waals surface area contributed by atoms with Crippen molar-refractivity contribution in [2.24, 2.45) is 0 Å². The Morgan fingerprint density at radius 2 is 2.00 bits per heavy atom. The van der Waals surface area contributed by atoms with E-state index in [1.165, 1.54) is 6.07 Å². The van der Waals surface area contributed by atoms with Gasteiger partial charge in [-0.25, -0.2) is 9.37 Å². The molecule has 0 fully saturated rings. The normalized spacial score (nSPS) is 11.9. The maximum absolute atomic E-state index is 14.1. The lowest BCUT2D eigenvalue weighted by Gasteiger charge is -2.24. The number of anilines is 1. The summed E-state index contributed by atoms with van der Waals surface area (Å²) >= 11 is 5.78. The van der Waals surface area contributed by atoms with E-state index >= 15 is 0 Å². The van der Waals surface area contributed by atoms with Gasteiger partial charge in [-0.15, -0.1) is 0 Å². The van der Waals surface area contributed by atoms with E-state index in [1.54, 1.807) is 12.1 Å². The number of nitrogens with zero attached hydrogens (tertiary/aromatic N) is 2. The molecule has 0 bridgehead atoms. The van der Waals surface area contributed by atoms with E-state index in [-0.39, 0.29) is 5.54 Å². The summed E-state index contributed by atoms with van der Waals surface area (Å²) in [6.45, 7) is 8.15. The number of hydrogen-bond donors (Lipinski definition) is 1. The van der Waals surface area contributed by atoms with Crippen molar-refractivity contribution < 1.29 is 4.39 Å². The number of rotatable bonds is 2. The Morgan fingerprint density at radius 1 is 1.35 bits per heavy atom. The van der Waals surface area contributed by atoms with E-state index < -0.39 is 5.82 Å². The number of imidazole rings is 1. The van der Waals surface area contributed by atoms with Crippen LogP contribution in [0.3, 0.4) is 0 Å². The highest BCUT2D eigenvalue weighted by Crippen LogP contribution is 2.33. The van der Waals surface area contributed by atoms with Crippen LogP contribution in [-0.2, 0) is 12.0 Å². The Hall–Kier alpha value is -1.55. The minimum absolute atomic E-state index is 0.205. The van der Waals surface area contributed by atoms with E-state index in [0.29, 0.717) is 22.1 Å². The molecule has 0 aliphatic rings. The zero-order valence-corrected chi connectivity index (χ0v) is 12.9. The number of halogens is 2. The molecule has 1 aromatic heterocycles. The zero-order chi connectivity index (χ0) is 15.1. The second kappa shape index (κ2) is 5.09. The first-order valence-corrected chi connectivity index (χ1v) is 6.96. The van der Waals surface area contributed by atoms with Crippen LogP contribution in [0.1, 0.15) is 33.5 Å². The quantitative estimate of drug-likeness (QED) is 0.900. The van der Waals surface area contributed by atoms with Gasteiger partial charge in [0.15, 0.2) is 0 Å². The lowest BCUT2D eigenvalue weighted by atomic mass is 10.1. The molecule has 1 heterocycles. The maximum Gasteiger partial charge on any atom is 0.134 e. The monoisotopic (exact) mass is 295 g/mol. The number of aromatic nitrogens is 2. The van der Waals surface area contributed by atoms with Crippen molar-refractivity contribution in [3.63, 3.8) is 0 Å². The fourth-order valence-electron chi connectivity index (χ4n) is 2.35. The molecule has 0 amide bonds. The summed E-state index contributed by atoms with van der Waals surface area (Å²) in [6, 6.07) is 4.53. The molecule has 5 heteroatoms. The molecule has 2 N–H and O–H groups in total. The standard InChI is InChI=1S/C15H19ClFN3/c1-5-12-19-13(14(18)20(12)15(2,3)4)10-7-6-9(16)8-11(10)17/h6-8H,5,18H2,1-4H3. The molecule has 1 aromatic carbocycles. The fourth-order valence-corrected chi connectivity index (χ4v) is 2.51. The van der Waals surface area contributed by atoms with Crippen molar-refractivity contribution in [2.45, 2.75) is 39.7 Å². The van der Waals surface area contributed by atoms with Crippen LogP contribution in [0.5, 0.6) is 0 Å². The molecule has 0 radical (unpaired) electrons. The summed E-state index contributed by atoms with van der Waals surface area (Å²) in [5, 5.41) is 0.357. The molecule has 3 nitrogen and oxygen atoms in total. The molecule has 0 saturated carbocycles. The van der Waals surface area contributed by atoms with Crippen LogP contribution in [0.15, 0.2) is 18.2 Å². The third-order valence-electron chi connectivity index (χ3n) is 3.16. The Morgan fingerprint density at radius 3 is 2.45 bits per heavy atom. The lowest BCUT2D eigenvalue weighted by molar-refractivity contribution is 0.389. The third kappa shape index (κ3) is 2.52. The molecule has 2 aromatic rings. The first kappa shape index (κ1) is 14.9. The summed E-state index contributed by atoms with van der Waals surface area (Å²) in [7, 11) is 0. The van der Waals surface area contributed by atoms with E-state index in [2.05, 4.69) is 4.98 Å². The van der Waals surface area contributed by atoms with Gasteiger partial charge in [0.25, 0.3) is 0 Å². The second-order valence-electron chi connectivity index (χ2n) is 5.75. The topological polar surface area (TPSA) is 43.8 Å². The molecule has 0 spiro atoms. The molecular formula is C15H19ClFN3. The molecule has 2 rings (SSSR count). The number of nitrogens with two attached hydrogens (primary N) is 1. The van der Waals surface area contributed by atoms with Crippen LogP contribution in [0.25, 0.3) is 11.3 Å². The molecule has 0 aliphatic carbocycles. The fraction of sp³-hybridized carbons (Fsp3) is 0.400. The van der Waals surface area contributed by atoms with Gasteiger partial charge in [-0.1, -0.05) is 18.5 Å². The van der Waals surface area contributed by atoms with Crippen LogP contribution >= 0.6 is 11.6 Å². The second-order valence-corrected chi connectivity index (χ2v) is 6.18. The number of aryl methyl sites for hydroxylation is 1. The van der Waals surface area contributed by atoms with E-state index in [0.717, 1.165) is 12.2 Å². The van der Waals surface area contributed by atoms with Gasteiger partial charge in [0, 0.05) is 22.5 Å². The summed E-state index contributed by atoms with van der Waals surface area (Å²) in [5.41, 5.74) is 6.86. The Balaban J connectivity index is 2.67. The number of nitrogen functional groups attached to an aromatic ring is 1. The van der Waals surface area contributed by atoms with Crippen LogP contribution in [-0.4, -0.2) is 9.55 Å². The Bertz CT molecular complexity index is 641. The minimum Gasteiger partial charge on any atom is -0.383 e. The summed E-state index contributed by atoms with van der Waals surface area (Å²) in [4.78, 5) is 4.51. The van der Waals surface area contributed by atoms with Crippen LogP contribution in [0.4, 0.5) is 10.2 Å². The van der Waals surface area contributed by atoms with Crippen molar-refractivity contribution in [1.29, 1.82) is 0 Å². The molecule has 20 heavy (non-hydrogen) atoms. The number of hydrogen-bond acceptors (Lipinski definition) is 2. The van der Waals surface area contributed by atoms with Gasteiger partial charge in [-0.3, -0.25) is 0 Å². The van der Waals surface area contributed by atoms with Crippen molar-refractivity contribution >= 4 is 17.4 Å². The van der Waals surface area contributed by atoms with Gasteiger partial charge in [-0.05, 0) is 39.0 Å². The highest BCUT2D eigenvalue weighted by atomic mass is 35.5. The van der Waals surface area contributed by atoms with Crippen molar-refractivity contribution in [3.8, 4) is 11.3 Å². The molecule has 0 atom stereocenters. The largest absolute Gasteiger partial charge is 0.383 e. The van der Waals surface area contributed by atoms with Gasteiger partial charge in [0.1, 0.15) is 23.2 Å². The summed E-state index contributed by atoms with van der Waals surface area (Å²) in [5.74, 6) is 0.917. The van der Waals surface area contributed by atoms with Crippen LogP contribution < -0.4 is 5.73 Å². The average molecular weight is 296 g/mol. The van der Waals surface area contributed by atoms with Crippen LogP contribution in [0, 0.1) is 5.82 Å². The zero-order valence-electron chi connectivity index (χ0n) is 12.2. The van der Waals surface area contributed by atoms with Crippen molar-refractivity contribution in [1.82, 2.24) is 9.55 Å².